The summed E-state index contributed by atoms with van der Waals surface area (Å²) in [5, 5.41) is 5.33. The van der Waals surface area contributed by atoms with E-state index in [1.54, 1.807) is 0 Å². The normalized spacial score (nSPS) is 11.6. The van der Waals surface area contributed by atoms with Crippen molar-refractivity contribution in [1.29, 1.82) is 0 Å². The number of para-hydroxylation sites is 1. The fourth-order valence-corrected chi connectivity index (χ4v) is 3.52. The Bertz CT molecular complexity index is 889. The van der Waals surface area contributed by atoms with Crippen LogP contribution in [0, 0.1) is 0 Å². The fourth-order valence-electron chi connectivity index (χ4n) is 2.69. The summed E-state index contributed by atoms with van der Waals surface area (Å²) >= 11 is 2.38. The van der Waals surface area contributed by atoms with E-state index in [9.17, 15) is 0 Å². The molecule has 86 valence electrons. The Morgan fingerprint density at radius 3 is 2.28 bits per heavy atom. The van der Waals surface area contributed by atoms with Crippen molar-refractivity contribution in [2.24, 2.45) is 0 Å². The highest BCUT2D eigenvalue weighted by Crippen LogP contribution is 2.35. The van der Waals surface area contributed by atoms with Crippen LogP contribution >= 0.6 is 22.9 Å². The molecule has 0 unspecified atom stereocenters. The summed E-state index contributed by atoms with van der Waals surface area (Å²) in [5.41, 5.74) is 2.57. The number of hydrogen-bond donors (Lipinski definition) is 0. The predicted molar refractivity (Wildman–Crippen MR) is 86.4 cm³/mol. The van der Waals surface area contributed by atoms with E-state index in [1.807, 2.05) is 0 Å². The van der Waals surface area contributed by atoms with Crippen LogP contribution in [0.1, 0.15) is 0 Å². The van der Waals surface area contributed by atoms with Crippen LogP contribution in [0.4, 0.5) is 0 Å². The molecule has 0 radical (unpaired) electrons. The molecule has 0 amide bonds. The molecule has 0 aliphatic heterocycles. The minimum absolute atomic E-state index is 1.28. The van der Waals surface area contributed by atoms with Gasteiger partial charge in [-0.15, -0.1) is 0 Å². The van der Waals surface area contributed by atoms with Gasteiger partial charge in [0.25, 0.3) is 0 Å². The average Bonchev–Trinajstić information content (AvgIpc) is 2.73. The van der Waals surface area contributed by atoms with E-state index in [0.717, 1.165) is 0 Å². The number of hydrogen-bond acceptors (Lipinski definition) is 0. The second kappa shape index (κ2) is 3.72. The van der Waals surface area contributed by atoms with Crippen LogP contribution in [0.25, 0.3) is 32.6 Å². The third-order valence-electron chi connectivity index (χ3n) is 3.50. The number of nitrogens with zero attached hydrogens (tertiary/aromatic N) is 1. The van der Waals surface area contributed by atoms with Gasteiger partial charge in [0.05, 0.1) is 33.9 Å². The Balaban J connectivity index is 2.41. The Labute approximate surface area is 119 Å². The first-order valence-corrected chi connectivity index (χ1v) is 6.90. The molecule has 1 nitrogen and oxygen atoms in total. The Hall–Kier alpha value is -1.55. The van der Waals surface area contributed by atoms with Crippen molar-refractivity contribution in [3.63, 3.8) is 0 Å². The van der Waals surface area contributed by atoms with Gasteiger partial charge in [0.2, 0.25) is 0 Å². The van der Waals surface area contributed by atoms with E-state index in [0.29, 0.717) is 0 Å². The molecular weight excluding hydrogens is 333 g/mol. The third-order valence-corrected chi connectivity index (χ3v) is 4.54. The molecule has 2 heteroatoms. The predicted octanol–water partition coefficient (Wildman–Crippen LogP) is 5.15. The van der Waals surface area contributed by atoms with Crippen LogP contribution in [0.2, 0.25) is 0 Å². The molecular formula is C16H10IN. The van der Waals surface area contributed by atoms with E-state index < -0.39 is 0 Å². The number of benzene rings is 3. The topological polar surface area (TPSA) is 4.93 Å². The molecule has 0 fully saturated rings. The highest BCUT2D eigenvalue weighted by molar-refractivity contribution is 14.1. The number of halogens is 1. The molecule has 0 bridgehead atoms. The lowest BCUT2D eigenvalue weighted by Gasteiger charge is -2.00. The van der Waals surface area contributed by atoms with Crippen molar-refractivity contribution >= 4 is 55.4 Å². The number of fused-ring (bicyclic) bond motifs is 5. The zero-order valence-electron chi connectivity index (χ0n) is 9.60. The molecule has 1 aromatic heterocycles. The molecule has 0 saturated heterocycles. The lowest BCUT2D eigenvalue weighted by Crippen LogP contribution is -1.77. The molecule has 0 aliphatic rings. The monoisotopic (exact) mass is 343 g/mol. The third kappa shape index (κ3) is 1.27. The minimum Gasteiger partial charge on any atom is -0.282 e. The first-order chi connectivity index (χ1) is 8.86. The van der Waals surface area contributed by atoms with Crippen LogP contribution in [0.15, 0.2) is 60.7 Å². The molecule has 0 spiro atoms. The van der Waals surface area contributed by atoms with E-state index in [1.165, 1.54) is 32.6 Å². The standard InChI is InChI=1S/C16H10IN/c17-18-14-8-4-3-7-13(14)16-12-6-2-1-5-11(12)9-10-15(16)18/h1-10H. The van der Waals surface area contributed by atoms with Crippen molar-refractivity contribution in [1.82, 2.24) is 2.78 Å². The summed E-state index contributed by atoms with van der Waals surface area (Å²) in [6.07, 6.45) is 0. The summed E-state index contributed by atoms with van der Waals surface area (Å²) in [5.74, 6) is 0. The molecule has 3 aromatic carbocycles. The average molecular weight is 343 g/mol. The summed E-state index contributed by atoms with van der Waals surface area (Å²) in [4.78, 5) is 0. The molecule has 4 rings (SSSR count). The van der Waals surface area contributed by atoms with Crippen LogP contribution in [-0.4, -0.2) is 2.78 Å². The van der Waals surface area contributed by atoms with Gasteiger partial charge in [-0.1, -0.05) is 48.5 Å². The smallest absolute Gasteiger partial charge is 0.0646 e. The SMILES string of the molecule is In1c2ccccc2c2c3ccccc3ccc21. The number of aromatic nitrogens is 1. The van der Waals surface area contributed by atoms with E-state index in [-0.39, 0.29) is 0 Å². The quantitative estimate of drug-likeness (QED) is 0.389. The highest BCUT2D eigenvalue weighted by Gasteiger charge is 2.10. The minimum atomic E-state index is 1.28. The maximum absolute atomic E-state index is 2.38. The lowest BCUT2D eigenvalue weighted by atomic mass is 10.0. The Kier molecular flexibility index (Phi) is 2.14. The number of rotatable bonds is 0. The lowest BCUT2D eigenvalue weighted by molar-refractivity contribution is 1.50. The van der Waals surface area contributed by atoms with Crippen molar-refractivity contribution in [3.05, 3.63) is 60.7 Å². The maximum atomic E-state index is 2.38. The molecule has 0 atom stereocenters. The van der Waals surface area contributed by atoms with Crippen molar-refractivity contribution in [2.75, 3.05) is 0 Å². The van der Waals surface area contributed by atoms with Gasteiger partial charge in [-0.05, 0) is 22.9 Å². The molecule has 1 heterocycles. The van der Waals surface area contributed by atoms with E-state index >= 15 is 0 Å². The molecule has 0 N–H and O–H groups in total. The summed E-state index contributed by atoms with van der Waals surface area (Å²) in [6.45, 7) is 0. The zero-order chi connectivity index (χ0) is 12.1. The maximum Gasteiger partial charge on any atom is 0.0646 e. The molecule has 0 saturated carbocycles. The van der Waals surface area contributed by atoms with Crippen LogP contribution < -0.4 is 0 Å². The Morgan fingerprint density at radius 2 is 1.39 bits per heavy atom. The first kappa shape index (κ1) is 10.4. The van der Waals surface area contributed by atoms with Gasteiger partial charge >= 0.3 is 0 Å². The highest BCUT2D eigenvalue weighted by atomic mass is 127. The van der Waals surface area contributed by atoms with Gasteiger partial charge in [0, 0.05) is 10.8 Å². The Morgan fingerprint density at radius 1 is 0.667 bits per heavy atom. The van der Waals surface area contributed by atoms with Crippen LogP contribution in [0.3, 0.4) is 0 Å². The summed E-state index contributed by atoms with van der Waals surface area (Å²) in [7, 11) is 0. The largest absolute Gasteiger partial charge is 0.282 e. The van der Waals surface area contributed by atoms with Crippen LogP contribution in [-0.2, 0) is 0 Å². The molecule has 0 aliphatic carbocycles. The fraction of sp³-hybridized carbons (Fsp3) is 0. The second-order valence-corrected chi connectivity index (χ2v) is 5.44. The van der Waals surface area contributed by atoms with E-state index in [2.05, 4.69) is 86.3 Å². The molecule has 18 heavy (non-hydrogen) atoms. The van der Waals surface area contributed by atoms with Gasteiger partial charge in [0.1, 0.15) is 0 Å². The van der Waals surface area contributed by atoms with Gasteiger partial charge in [0.15, 0.2) is 0 Å². The van der Waals surface area contributed by atoms with Crippen molar-refractivity contribution < 1.29 is 0 Å². The zero-order valence-corrected chi connectivity index (χ0v) is 11.8. The van der Waals surface area contributed by atoms with Crippen molar-refractivity contribution in [3.8, 4) is 0 Å². The van der Waals surface area contributed by atoms with Gasteiger partial charge in [-0.3, -0.25) is 2.78 Å². The van der Waals surface area contributed by atoms with Gasteiger partial charge in [-0.2, -0.15) is 0 Å². The van der Waals surface area contributed by atoms with E-state index in [4.69, 9.17) is 0 Å². The molecule has 4 aromatic rings. The van der Waals surface area contributed by atoms with Gasteiger partial charge < -0.3 is 0 Å². The van der Waals surface area contributed by atoms with Crippen molar-refractivity contribution in [2.45, 2.75) is 0 Å². The summed E-state index contributed by atoms with van der Waals surface area (Å²) < 4.78 is 2.24. The summed E-state index contributed by atoms with van der Waals surface area (Å²) in [6, 6.07) is 21.6. The first-order valence-electron chi connectivity index (χ1n) is 5.93. The van der Waals surface area contributed by atoms with Gasteiger partial charge in [-0.25, -0.2) is 0 Å². The van der Waals surface area contributed by atoms with Crippen LogP contribution in [0.5, 0.6) is 0 Å². The second-order valence-electron chi connectivity index (χ2n) is 4.48.